The van der Waals surface area contributed by atoms with Gasteiger partial charge in [-0.25, -0.2) is 4.98 Å². The molecule has 17 heavy (non-hydrogen) atoms. The van der Waals surface area contributed by atoms with Gasteiger partial charge in [0.2, 0.25) is 0 Å². The fourth-order valence-corrected chi connectivity index (χ4v) is 3.08. The lowest BCUT2D eigenvalue weighted by molar-refractivity contribution is 0.168. The Morgan fingerprint density at radius 1 is 1.53 bits per heavy atom. The molecule has 3 nitrogen and oxygen atoms in total. The quantitative estimate of drug-likeness (QED) is 0.873. The molecule has 0 aromatic carbocycles. The van der Waals surface area contributed by atoms with Crippen molar-refractivity contribution in [2.75, 3.05) is 19.6 Å². The van der Waals surface area contributed by atoms with Crippen molar-refractivity contribution in [3.05, 3.63) is 16.6 Å². The summed E-state index contributed by atoms with van der Waals surface area (Å²) < 4.78 is 0. The van der Waals surface area contributed by atoms with Crippen LogP contribution in [0.2, 0.25) is 0 Å². The van der Waals surface area contributed by atoms with Gasteiger partial charge in [-0.2, -0.15) is 0 Å². The minimum atomic E-state index is 0.607. The number of piperidine rings is 1. The van der Waals surface area contributed by atoms with Gasteiger partial charge in [-0.05, 0) is 45.3 Å². The molecule has 96 valence electrons. The summed E-state index contributed by atoms with van der Waals surface area (Å²) >= 11 is 1.67. The zero-order chi connectivity index (χ0) is 12.1. The van der Waals surface area contributed by atoms with Crippen LogP contribution in [0.25, 0.3) is 0 Å². The molecule has 1 N–H and O–H groups in total. The predicted molar refractivity (Wildman–Crippen MR) is 73.3 cm³/mol. The van der Waals surface area contributed by atoms with Gasteiger partial charge in [-0.1, -0.05) is 6.92 Å². The molecule has 0 aliphatic carbocycles. The number of rotatable bonds is 5. The number of likely N-dealkylation sites (tertiary alicyclic amines) is 1. The smallest absolute Gasteiger partial charge is 0.0795 e. The molecule has 4 heteroatoms. The van der Waals surface area contributed by atoms with E-state index in [1.165, 1.54) is 38.2 Å². The van der Waals surface area contributed by atoms with Crippen LogP contribution in [0.1, 0.15) is 32.4 Å². The SMILES string of the molecule is CCN1CCC(C(C)NCc2cscn2)CC1. The van der Waals surface area contributed by atoms with Crippen molar-refractivity contribution in [1.29, 1.82) is 0 Å². The van der Waals surface area contributed by atoms with Gasteiger partial charge >= 0.3 is 0 Å². The van der Waals surface area contributed by atoms with Crippen molar-refractivity contribution in [3.63, 3.8) is 0 Å². The molecule has 0 radical (unpaired) electrons. The van der Waals surface area contributed by atoms with Gasteiger partial charge in [0.25, 0.3) is 0 Å². The van der Waals surface area contributed by atoms with Crippen LogP contribution in [0.5, 0.6) is 0 Å². The molecule has 1 aliphatic heterocycles. The highest BCUT2D eigenvalue weighted by Crippen LogP contribution is 2.20. The zero-order valence-electron chi connectivity index (χ0n) is 10.9. The normalized spacial score (nSPS) is 20.6. The van der Waals surface area contributed by atoms with Crippen molar-refractivity contribution >= 4 is 11.3 Å². The molecule has 2 rings (SSSR count). The molecule has 1 unspecified atom stereocenters. The third-order valence-electron chi connectivity index (χ3n) is 3.88. The Morgan fingerprint density at radius 2 is 2.29 bits per heavy atom. The van der Waals surface area contributed by atoms with Gasteiger partial charge in [-0.15, -0.1) is 11.3 Å². The van der Waals surface area contributed by atoms with Crippen molar-refractivity contribution in [2.45, 2.75) is 39.3 Å². The largest absolute Gasteiger partial charge is 0.308 e. The molecule has 0 spiro atoms. The van der Waals surface area contributed by atoms with E-state index in [0.29, 0.717) is 6.04 Å². The van der Waals surface area contributed by atoms with Gasteiger partial charge < -0.3 is 10.2 Å². The molecule has 1 aliphatic rings. The lowest BCUT2D eigenvalue weighted by atomic mass is 9.90. The summed E-state index contributed by atoms with van der Waals surface area (Å²) in [7, 11) is 0. The van der Waals surface area contributed by atoms with Gasteiger partial charge in [0.15, 0.2) is 0 Å². The second-order valence-electron chi connectivity index (χ2n) is 4.92. The number of nitrogens with one attached hydrogen (secondary N) is 1. The maximum absolute atomic E-state index is 4.31. The molecule has 1 aromatic heterocycles. The lowest BCUT2D eigenvalue weighted by Crippen LogP contribution is -2.41. The first-order valence-corrected chi connectivity index (χ1v) is 7.56. The molecule has 2 heterocycles. The van der Waals surface area contributed by atoms with Crippen molar-refractivity contribution in [3.8, 4) is 0 Å². The van der Waals surface area contributed by atoms with Crippen LogP contribution in [0.3, 0.4) is 0 Å². The first-order chi connectivity index (χ1) is 8.29. The minimum Gasteiger partial charge on any atom is -0.308 e. The fraction of sp³-hybridized carbons (Fsp3) is 0.769. The van der Waals surface area contributed by atoms with Crippen molar-refractivity contribution < 1.29 is 0 Å². The van der Waals surface area contributed by atoms with E-state index in [2.05, 4.69) is 34.4 Å². The Morgan fingerprint density at radius 3 is 2.88 bits per heavy atom. The van der Waals surface area contributed by atoms with Crippen molar-refractivity contribution in [2.24, 2.45) is 5.92 Å². The van der Waals surface area contributed by atoms with Crippen LogP contribution in [-0.4, -0.2) is 35.6 Å². The Labute approximate surface area is 108 Å². The average Bonchev–Trinajstić information content (AvgIpc) is 2.89. The topological polar surface area (TPSA) is 28.2 Å². The monoisotopic (exact) mass is 253 g/mol. The molecule has 0 bridgehead atoms. The third-order valence-corrected chi connectivity index (χ3v) is 4.51. The van der Waals surface area contributed by atoms with E-state index in [1.54, 1.807) is 11.3 Å². The number of nitrogens with zero attached hydrogens (tertiary/aromatic N) is 2. The third kappa shape index (κ3) is 3.76. The molecule has 0 saturated carbocycles. The van der Waals surface area contributed by atoms with E-state index in [4.69, 9.17) is 0 Å². The summed E-state index contributed by atoms with van der Waals surface area (Å²) in [5.74, 6) is 0.830. The maximum Gasteiger partial charge on any atom is 0.0795 e. The van der Waals surface area contributed by atoms with Gasteiger partial charge in [0.1, 0.15) is 0 Å². The maximum atomic E-state index is 4.31. The number of thiazole rings is 1. The Hall–Kier alpha value is -0.450. The second kappa shape index (κ2) is 6.47. The molecule has 1 atom stereocenters. The minimum absolute atomic E-state index is 0.607. The number of hydrogen-bond acceptors (Lipinski definition) is 4. The predicted octanol–water partition coefficient (Wildman–Crippen LogP) is 2.35. The van der Waals surface area contributed by atoms with E-state index < -0.39 is 0 Å². The van der Waals surface area contributed by atoms with Crippen LogP contribution < -0.4 is 5.32 Å². The van der Waals surface area contributed by atoms with Crippen LogP contribution >= 0.6 is 11.3 Å². The Kier molecular flexibility index (Phi) is 4.95. The zero-order valence-corrected chi connectivity index (χ0v) is 11.7. The first kappa shape index (κ1) is 13.0. The van der Waals surface area contributed by atoms with E-state index in [0.717, 1.165) is 12.5 Å². The highest BCUT2D eigenvalue weighted by molar-refractivity contribution is 7.07. The van der Waals surface area contributed by atoms with Crippen LogP contribution in [0, 0.1) is 5.92 Å². The van der Waals surface area contributed by atoms with Gasteiger partial charge in [0.05, 0.1) is 11.2 Å². The summed E-state index contributed by atoms with van der Waals surface area (Å²) in [4.78, 5) is 6.85. The fourth-order valence-electron chi connectivity index (χ4n) is 2.53. The highest BCUT2D eigenvalue weighted by Gasteiger charge is 2.22. The van der Waals surface area contributed by atoms with Crippen LogP contribution in [-0.2, 0) is 6.54 Å². The standard InChI is InChI=1S/C13H23N3S/c1-3-16-6-4-12(5-7-16)11(2)14-8-13-9-17-10-15-13/h9-12,14H,3-8H2,1-2H3. The van der Waals surface area contributed by atoms with Gasteiger partial charge in [-0.3, -0.25) is 0 Å². The Balaban J connectivity index is 1.71. The second-order valence-corrected chi connectivity index (χ2v) is 5.64. The average molecular weight is 253 g/mol. The molecule has 1 fully saturated rings. The van der Waals surface area contributed by atoms with E-state index >= 15 is 0 Å². The molecular weight excluding hydrogens is 230 g/mol. The van der Waals surface area contributed by atoms with Crippen LogP contribution in [0.4, 0.5) is 0 Å². The summed E-state index contributed by atoms with van der Waals surface area (Å²) in [5, 5.41) is 5.74. The van der Waals surface area contributed by atoms with Crippen LogP contribution in [0.15, 0.2) is 10.9 Å². The van der Waals surface area contributed by atoms with E-state index in [9.17, 15) is 0 Å². The van der Waals surface area contributed by atoms with Crippen molar-refractivity contribution in [1.82, 2.24) is 15.2 Å². The first-order valence-electron chi connectivity index (χ1n) is 6.62. The van der Waals surface area contributed by atoms with Gasteiger partial charge in [0, 0.05) is 18.0 Å². The molecule has 0 amide bonds. The molecule has 1 saturated heterocycles. The molecular formula is C13H23N3S. The van der Waals surface area contributed by atoms with E-state index in [1.807, 2.05) is 5.51 Å². The number of hydrogen-bond donors (Lipinski definition) is 1. The summed E-state index contributed by atoms with van der Waals surface area (Å²) in [5.41, 5.74) is 3.08. The Bertz CT molecular complexity index is 304. The summed E-state index contributed by atoms with van der Waals surface area (Å²) in [6, 6.07) is 0.607. The summed E-state index contributed by atoms with van der Waals surface area (Å²) in [6.07, 6.45) is 2.66. The highest BCUT2D eigenvalue weighted by atomic mass is 32.1. The molecule has 1 aromatic rings. The number of aromatic nitrogens is 1. The lowest BCUT2D eigenvalue weighted by Gasteiger charge is -2.34. The summed E-state index contributed by atoms with van der Waals surface area (Å²) in [6.45, 7) is 9.22. The van der Waals surface area contributed by atoms with E-state index in [-0.39, 0.29) is 0 Å².